The van der Waals surface area contributed by atoms with Gasteiger partial charge in [-0.2, -0.15) is 0 Å². The summed E-state index contributed by atoms with van der Waals surface area (Å²) in [4.78, 5) is -0.0702. The summed E-state index contributed by atoms with van der Waals surface area (Å²) in [7, 11) is -3.70. The van der Waals surface area contributed by atoms with Gasteiger partial charge in [-0.15, -0.1) is 13.2 Å². The van der Waals surface area contributed by atoms with Crippen molar-refractivity contribution in [1.82, 2.24) is 9.29 Å². The van der Waals surface area contributed by atoms with Crippen molar-refractivity contribution in [3.05, 3.63) is 72.3 Å². The van der Waals surface area contributed by atoms with Crippen molar-refractivity contribution in [2.45, 2.75) is 48.7 Å². The Hall–Kier alpha value is -3.22. The zero-order valence-corrected chi connectivity index (χ0v) is 20.0. The molecule has 3 aromatic carbocycles. The fourth-order valence-electron chi connectivity index (χ4n) is 5.04. The number of fused-ring (bicyclic) bond motifs is 3. The van der Waals surface area contributed by atoms with Crippen LogP contribution in [-0.4, -0.2) is 32.4 Å². The molecule has 0 radical (unpaired) electrons. The van der Waals surface area contributed by atoms with E-state index in [1.807, 2.05) is 4.57 Å². The molecule has 4 aromatic rings. The van der Waals surface area contributed by atoms with Crippen LogP contribution in [0.1, 0.15) is 25.3 Å². The highest BCUT2D eigenvalue weighted by Crippen LogP contribution is 2.39. The number of benzene rings is 3. The average Bonchev–Trinajstić information content (AvgIpc) is 3.12. The van der Waals surface area contributed by atoms with Gasteiger partial charge in [0.25, 0.3) is 0 Å². The fraction of sp³-hybridized carbons (Fsp3) is 0.280. The Bertz CT molecular complexity index is 1510. The molecule has 0 spiro atoms. The number of aliphatic hydroxyl groups is 1. The highest BCUT2D eigenvalue weighted by molar-refractivity contribution is 7.90. The first-order valence-electron chi connectivity index (χ1n) is 11.4. The number of aliphatic hydroxyl groups excluding tert-OH is 1. The van der Waals surface area contributed by atoms with Crippen LogP contribution in [0.15, 0.2) is 65.6 Å². The summed E-state index contributed by atoms with van der Waals surface area (Å²) >= 11 is 0. The monoisotopic (exact) mass is 539 g/mol. The molecule has 6 nitrogen and oxygen atoms in total. The number of ether oxygens (including phenoxy) is 1. The van der Waals surface area contributed by atoms with E-state index in [4.69, 9.17) is 4.78 Å². The van der Waals surface area contributed by atoms with Crippen LogP contribution in [0, 0.1) is 16.4 Å². The van der Waals surface area contributed by atoms with Crippen molar-refractivity contribution < 1.29 is 36.0 Å². The molecule has 4 unspecified atom stereocenters. The number of hydrogen-bond acceptors (Lipinski definition) is 4. The van der Waals surface area contributed by atoms with Crippen molar-refractivity contribution >= 4 is 31.7 Å². The molecule has 0 amide bonds. The first-order valence-corrected chi connectivity index (χ1v) is 13.0. The third kappa shape index (κ3) is 5.00. The molecule has 1 heterocycles. The van der Waals surface area contributed by atoms with Crippen LogP contribution in [0.2, 0.25) is 0 Å². The van der Waals surface area contributed by atoms with Crippen LogP contribution in [0.3, 0.4) is 0 Å². The minimum Gasteiger partial charge on any atom is -0.406 e. The third-order valence-corrected chi connectivity index (χ3v) is 8.16. The van der Waals surface area contributed by atoms with Gasteiger partial charge in [-0.25, -0.2) is 22.5 Å². The zero-order valence-electron chi connectivity index (χ0n) is 19.1. The SMILES string of the molecule is N=S(=O)(NC1CCCC(n2c3ccc(F)cc3c3cc(F)ccc32)C1O)c1ccc(OC(F)(F)F)cc1. The van der Waals surface area contributed by atoms with Crippen molar-refractivity contribution in [2.24, 2.45) is 0 Å². The number of rotatable bonds is 5. The van der Waals surface area contributed by atoms with Crippen molar-refractivity contribution in [3.8, 4) is 5.75 Å². The van der Waals surface area contributed by atoms with E-state index in [-0.39, 0.29) is 4.90 Å². The molecular weight excluding hydrogens is 517 g/mol. The van der Waals surface area contributed by atoms with Crippen LogP contribution in [-0.2, 0) is 9.92 Å². The third-order valence-electron chi connectivity index (χ3n) is 6.59. The molecule has 1 saturated carbocycles. The van der Waals surface area contributed by atoms with Crippen LogP contribution >= 0.6 is 0 Å². The zero-order chi connectivity index (χ0) is 26.5. The predicted molar refractivity (Wildman–Crippen MR) is 127 cm³/mol. The van der Waals surface area contributed by atoms with E-state index in [1.165, 1.54) is 24.3 Å². The van der Waals surface area contributed by atoms with Gasteiger partial charge in [0, 0.05) is 27.8 Å². The predicted octanol–water partition coefficient (Wildman–Crippen LogP) is 6.04. The first-order chi connectivity index (χ1) is 17.4. The summed E-state index contributed by atoms with van der Waals surface area (Å²) in [5.41, 5.74) is 1.19. The van der Waals surface area contributed by atoms with E-state index in [2.05, 4.69) is 9.46 Å². The average molecular weight is 540 g/mol. The molecule has 1 aliphatic carbocycles. The maximum absolute atomic E-state index is 14.0. The number of alkyl halides is 3. The quantitative estimate of drug-likeness (QED) is 0.271. The minimum absolute atomic E-state index is 0.0702. The smallest absolute Gasteiger partial charge is 0.406 e. The number of hydrogen-bond donors (Lipinski definition) is 3. The number of nitrogens with one attached hydrogen (secondary N) is 2. The molecular formula is C25H22F5N3O3S. The Morgan fingerprint density at radius 3 is 2.05 bits per heavy atom. The molecule has 1 aliphatic rings. The minimum atomic E-state index is -4.88. The Kier molecular flexibility index (Phi) is 6.37. The summed E-state index contributed by atoms with van der Waals surface area (Å²) in [5, 5.41) is 12.3. The molecule has 1 aromatic heterocycles. The lowest BCUT2D eigenvalue weighted by Gasteiger charge is -2.37. The normalized spacial score (nSPS) is 22.3. The Balaban J connectivity index is 1.45. The Morgan fingerprint density at radius 1 is 0.946 bits per heavy atom. The Labute approximate surface area is 208 Å². The van der Waals surface area contributed by atoms with Gasteiger partial charge in [-0.1, -0.05) is 0 Å². The molecule has 4 atom stereocenters. The van der Waals surface area contributed by atoms with Gasteiger partial charge in [-0.3, -0.25) is 0 Å². The summed E-state index contributed by atoms with van der Waals surface area (Å²) in [6.07, 6.45) is -4.50. The molecule has 0 bridgehead atoms. The molecule has 5 rings (SSSR count). The van der Waals surface area contributed by atoms with Gasteiger partial charge in [0.15, 0.2) is 0 Å². The van der Waals surface area contributed by atoms with Gasteiger partial charge < -0.3 is 14.4 Å². The lowest BCUT2D eigenvalue weighted by Crippen LogP contribution is -2.49. The number of aromatic nitrogens is 1. The van der Waals surface area contributed by atoms with Gasteiger partial charge in [0.05, 0.1) is 17.0 Å². The van der Waals surface area contributed by atoms with Crippen LogP contribution < -0.4 is 9.46 Å². The van der Waals surface area contributed by atoms with E-state index in [0.717, 1.165) is 24.3 Å². The Morgan fingerprint density at radius 2 is 1.51 bits per heavy atom. The van der Waals surface area contributed by atoms with Crippen molar-refractivity contribution in [1.29, 1.82) is 4.78 Å². The fourth-order valence-corrected chi connectivity index (χ4v) is 6.38. The molecule has 0 saturated heterocycles. The lowest BCUT2D eigenvalue weighted by atomic mass is 9.88. The van der Waals surface area contributed by atoms with E-state index in [9.17, 15) is 31.3 Å². The van der Waals surface area contributed by atoms with Gasteiger partial charge in [0.2, 0.25) is 0 Å². The van der Waals surface area contributed by atoms with E-state index >= 15 is 0 Å². The van der Waals surface area contributed by atoms with E-state index < -0.39 is 51.8 Å². The van der Waals surface area contributed by atoms with Gasteiger partial charge in [-0.05, 0) is 79.9 Å². The topological polar surface area (TPSA) is 87.3 Å². The molecule has 196 valence electrons. The standard InChI is InChI=1S/C25H22F5N3O3S/c26-14-4-10-21-18(12-14)19-13-15(27)5-11-22(19)33(21)23-3-1-2-20(24(23)34)32-37(31,35)17-8-6-16(7-9-17)36-25(28,29)30/h4-13,20,23-24,34H,1-3H2,(H2,31,32,35). The number of halogens is 5. The first kappa shape index (κ1) is 25.4. The number of nitrogens with zero attached hydrogens (tertiary/aromatic N) is 1. The summed E-state index contributed by atoms with van der Waals surface area (Å²) < 4.78 is 95.2. The maximum atomic E-state index is 14.0. The second kappa shape index (κ2) is 9.26. The second-order valence-corrected chi connectivity index (χ2v) is 10.8. The molecule has 1 fully saturated rings. The van der Waals surface area contributed by atoms with Gasteiger partial charge in [0.1, 0.15) is 27.3 Å². The summed E-state index contributed by atoms with van der Waals surface area (Å²) in [6, 6.07) is 11.1. The van der Waals surface area contributed by atoms with Crippen molar-refractivity contribution in [2.75, 3.05) is 0 Å². The van der Waals surface area contributed by atoms with Crippen LogP contribution in [0.5, 0.6) is 5.75 Å². The molecule has 3 N–H and O–H groups in total. The second-order valence-electron chi connectivity index (χ2n) is 8.98. The molecule has 0 aliphatic heterocycles. The largest absolute Gasteiger partial charge is 0.573 e. The van der Waals surface area contributed by atoms with E-state index in [0.29, 0.717) is 41.1 Å². The van der Waals surface area contributed by atoms with Crippen LogP contribution in [0.25, 0.3) is 21.8 Å². The maximum Gasteiger partial charge on any atom is 0.573 e. The highest BCUT2D eigenvalue weighted by Gasteiger charge is 2.36. The summed E-state index contributed by atoms with van der Waals surface area (Å²) in [5.74, 6) is -1.48. The van der Waals surface area contributed by atoms with E-state index in [1.54, 1.807) is 12.1 Å². The van der Waals surface area contributed by atoms with Crippen LogP contribution in [0.4, 0.5) is 22.0 Å². The molecule has 12 heteroatoms. The highest BCUT2D eigenvalue weighted by atomic mass is 32.2. The van der Waals surface area contributed by atoms with Gasteiger partial charge >= 0.3 is 6.36 Å². The summed E-state index contributed by atoms with van der Waals surface area (Å²) in [6.45, 7) is 0. The van der Waals surface area contributed by atoms with Crippen molar-refractivity contribution in [3.63, 3.8) is 0 Å². The lowest BCUT2D eigenvalue weighted by molar-refractivity contribution is -0.274. The molecule has 37 heavy (non-hydrogen) atoms.